The minimum Gasteiger partial charge on any atom is -0.512 e. The Morgan fingerprint density at radius 3 is 1.98 bits per heavy atom. The Morgan fingerprint density at radius 1 is 0.927 bits per heavy atom. The van der Waals surface area contributed by atoms with Gasteiger partial charge in [0, 0.05) is 31.7 Å². The van der Waals surface area contributed by atoms with Gasteiger partial charge in [-0.1, -0.05) is 91.6 Å². The first-order valence-corrected chi connectivity index (χ1v) is 16.2. The zero-order valence-electron chi connectivity index (χ0n) is 26.9. The van der Waals surface area contributed by atoms with Gasteiger partial charge in [-0.25, -0.2) is 0 Å². The molecule has 8 nitrogen and oxygen atoms in total. The molecule has 0 saturated carbocycles. The Labute approximate surface area is 251 Å². The lowest BCUT2D eigenvalue weighted by atomic mass is 10.1. The summed E-state index contributed by atoms with van der Waals surface area (Å²) in [5, 5.41) is 11.5. The average Bonchev–Trinajstić information content (AvgIpc) is 3.46. The number of unbranched alkanes of at least 4 members (excludes halogenated alkanes) is 10. The third-order valence-corrected chi connectivity index (χ3v) is 6.74. The zero-order valence-corrected chi connectivity index (χ0v) is 26.9. The van der Waals surface area contributed by atoms with Gasteiger partial charge in [-0.15, -0.1) is 0 Å². The lowest BCUT2D eigenvalue weighted by Gasteiger charge is -2.17. The molecule has 4 N–H and O–H groups in total. The fraction of sp³-hybridized carbons (Fsp3) is 0.818. The number of aliphatic hydroxyl groups is 1. The van der Waals surface area contributed by atoms with E-state index in [0.29, 0.717) is 32.3 Å². The van der Waals surface area contributed by atoms with Crippen molar-refractivity contribution in [2.75, 3.05) is 26.4 Å². The van der Waals surface area contributed by atoms with Crippen LogP contribution in [0.2, 0.25) is 0 Å². The second-order valence-electron chi connectivity index (χ2n) is 10.9. The number of amides is 1. The second kappa shape index (κ2) is 32.3. The van der Waals surface area contributed by atoms with E-state index in [9.17, 15) is 9.59 Å². The molecular weight excluding hydrogens is 520 g/mol. The summed E-state index contributed by atoms with van der Waals surface area (Å²) in [6, 6.07) is 0.483. The molecule has 242 valence electrons. The highest BCUT2D eigenvalue weighted by molar-refractivity contribution is 5.70. The number of hydrogen-bond acceptors (Lipinski definition) is 7. The summed E-state index contributed by atoms with van der Waals surface area (Å²) < 4.78 is 16.2. The van der Waals surface area contributed by atoms with Crippen LogP contribution in [0.4, 0.5) is 0 Å². The van der Waals surface area contributed by atoms with Crippen molar-refractivity contribution in [3.63, 3.8) is 0 Å². The van der Waals surface area contributed by atoms with E-state index < -0.39 is 0 Å². The quantitative estimate of drug-likeness (QED) is 0.0635. The summed E-state index contributed by atoms with van der Waals surface area (Å²) in [6.45, 7) is 14.7. The van der Waals surface area contributed by atoms with Crippen LogP contribution in [-0.2, 0) is 23.8 Å². The number of carbonyl (C=O) groups excluding carboxylic acids is 2. The van der Waals surface area contributed by atoms with Crippen molar-refractivity contribution in [3.8, 4) is 0 Å². The molecule has 0 radical (unpaired) electrons. The first-order valence-electron chi connectivity index (χ1n) is 16.2. The Hall–Kier alpha value is -2.22. The summed E-state index contributed by atoms with van der Waals surface area (Å²) in [7, 11) is 0. The molecule has 1 aliphatic rings. The molecule has 1 fully saturated rings. The molecule has 0 spiro atoms. The standard InChI is InChI=1S/C24H46O3.C7H13NO2.C2H5NO/c1-5-8-10-12-14-16-18-22(4)26-20-23(7-3)21-27-24(25)19-17-15-13-11-9-6-2;9-4-5-10-6-7-2-1-3-8-7;1-2(3)4/h23H,4-21H2,1-3H3;4-5,7-9H,1-3,6H2;1H3,(H2,3,4). The molecule has 8 heteroatoms. The Kier molecular flexibility index (Phi) is 32.2. The zero-order chi connectivity index (χ0) is 31.0. The molecule has 1 amide bonds. The van der Waals surface area contributed by atoms with Crippen LogP contribution in [0.3, 0.4) is 0 Å². The maximum atomic E-state index is 11.9. The molecule has 0 aromatic rings. The van der Waals surface area contributed by atoms with Crippen molar-refractivity contribution >= 4 is 11.9 Å². The molecule has 0 aliphatic carbocycles. The first-order chi connectivity index (χ1) is 19.8. The summed E-state index contributed by atoms with van der Waals surface area (Å²) >= 11 is 0. The summed E-state index contributed by atoms with van der Waals surface area (Å²) in [5.74, 6) is 0.747. The average molecular weight is 585 g/mol. The minimum atomic E-state index is -0.333. The van der Waals surface area contributed by atoms with E-state index in [1.807, 2.05) is 0 Å². The van der Waals surface area contributed by atoms with Gasteiger partial charge < -0.3 is 30.4 Å². The number of allylic oxidation sites excluding steroid dienone is 1. The van der Waals surface area contributed by atoms with Crippen LogP contribution in [0.5, 0.6) is 0 Å². The van der Waals surface area contributed by atoms with Crippen LogP contribution in [0.15, 0.2) is 24.9 Å². The third kappa shape index (κ3) is 33.9. The summed E-state index contributed by atoms with van der Waals surface area (Å²) in [4.78, 5) is 21.1. The lowest BCUT2D eigenvalue weighted by molar-refractivity contribution is -0.145. The molecule has 41 heavy (non-hydrogen) atoms. The van der Waals surface area contributed by atoms with Crippen molar-refractivity contribution < 1.29 is 28.9 Å². The molecule has 0 aromatic heterocycles. The van der Waals surface area contributed by atoms with Crippen LogP contribution in [-0.4, -0.2) is 49.4 Å². The van der Waals surface area contributed by atoms with E-state index in [1.165, 1.54) is 83.8 Å². The number of nitrogens with one attached hydrogen (secondary N) is 1. The third-order valence-electron chi connectivity index (χ3n) is 6.74. The van der Waals surface area contributed by atoms with Gasteiger partial charge in [-0.3, -0.25) is 9.59 Å². The number of nitrogens with two attached hydrogens (primary N) is 1. The van der Waals surface area contributed by atoms with Gasteiger partial charge in [0.15, 0.2) is 0 Å². The SMILES string of the molecule is C=C(CCCCCCCC)OCC(CC)COC(=O)CCCCCCCC.CC(N)=O.OC=COCC1CCCN1. The smallest absolute Gasteiger partial charge is 0.305 e. The van der Waals surface area contributed by atoms with Gasteiger partial charge in [0.2, 0.25) is 5.91 Å². The Balaban J connectivity index is 0. The van der Waals surface area contributed by atoms with Gasteiger partial charge in [-0.2, -0.15) is 0 Å². The monoisotopic (exact) mass is 584 g/mol. The van der Waals surface area contributed by atoms with E-state index in [0.717, 1.165) is 50.7 Å². The van der Waals surface area contributed by atoms with E-state index in [-0.39, 0.29) is 17.8 Å². The predicted molar refractivity (Wildman–Crippen MR) is 169 cm³/mol. The first kappa shape index (κ1) is 40.9. The minimum absolute atomic E-state index is 0.0603. The number of carbonyl (C=O) groups is 2. The van der Waals surface area contributed by atoms with Gasteiger partial charge in [0.05, 0.1) is 19.0 Å². The van der Waals surface area contributed by atoms with Crippen LogP contribution in [0, 0.1) is 5.92 Å². The number of primary amides is 1. The van der Waals surface area contributed by atoms with Crippen molar-refractivity contribution in [3.05, 3.63) is 24.9 Å². The highest BCUT2D eigenvalue weighted by Gasteiger charge is 2.13. The molecule has 0 bridgehead atoms. The Morgan fingerprint density at radius 2 is 1.46 bits per heavy atom. The number of rotatable bonds is 23. The van der Waals surface area contributed by atoms with Crippen LogP contribution in [0.25, 0.3) is 0 Å². The topological polar surface area (TPSA) is 120 Å². The Bertz CT molecular complexity index is 599. The number of esters is 1. The molecular formula is C33H64N2O6. The summed E-state index contributed by atoms with van der Waals surface area (Å²) in [5.41, 5.74) is 4.47. The van der Waals surface area contributed by atoms with Crippen molar-refractivity contribution in [1.82, 2.24) is 5.32 Å². The second-order valence-corrected chi connectivity index (χ2v) is 10.9. The molecule has 0 aromatic carbocycles. The highest BCUT2D eigenvalue weighted by atomic mass is 16.5. The highest BCUT2D eigenvalue weighted by Crippen LogP contribution is 2.14. The van der Waals surface area contributed by atoms with Crippen LogP contribution < -0.4 is 11.1 Å². The largest absolute Gasteiger partial charge is 0.512 e. The molecule has 1 saturated heterocycles. The van der Waals surface area contributed by atoms with Crippen molar-refractivity contribution in [2.45, 2.75) is 143 Å². The van der Waals surface area contributed by atoms with Crippen LogP contribution in [0.1, 0.15) is 137 Å². The number of hydrogen-bond donors (Lipinski definition) is 3. The number of aliphatic hydroxyl groups excluding tert-OH is 1. The predicted octanol–water partition coefficient (Wildman–Crippen LogP) is 7.86. The van der Waals surface area contributed by atoms with Crippen molar-refractivity contribution in [2.24, 2.45) is 11.7 Å². The number of ether oxygens (including phenoxy) is 3. The normalized spacial score (nSPS) is 14.8. The fourth-order valence-electron chi connectivity index (χ4n) is 4.14. The van der Waals surface area contributed by atoms with E-state index in [1.54, 1.807) is 0 Å². The van der Waals surface area contributed by atoms with Gasteiger partial charge in [0.1, 0.15) is 19.1 Å². The summed E-state index contributed by atoms with van der Waals surface area (Å²) in [6.07, 6.45) is 21.9. The molecule has 1 aliphatic heterocycles. The van der Waals surface area contributed by atoms with E-state index >= 15 is 0 Å². The van der Waals surface area contributed by atoms with Crippen molar-refractivity contribution in [1.29, 1.82) is 0 Å². The fourth-order valence-corrected chi connectivity index (χ4v) is 4.14. The molecule has 1 rings (SSSR count). The van der Waals surface area contributed by atoms with Gasteiger partial charge in [0.25, 0.3) is 0 Å². The lowest BCUT2D eigenvalue weighted by Crippen LogP contribution is -2.25. The molecule has 2 unspecified atom stereocenters. The van der Waals surface area contributed by atoms with Crippen LogP contribution >= 0.6 is 0 Å². The molecule has 2 atom stereocenters. The molecule has 1 heterocycles. The van der Waals surface area contributed by atoms with Gasteiger partial charge >= 0.3 is 5.97 Å². The van der Waals surface area contributed by atoms with Gasteiger partial charge in [-0.05, 0) is 38.6 Å². The van der Waals surface area contributed by atoms with E-state index in [2.05, 4.69) is 38.4 Å². The maximum Gasteiger partial charge on any atom is 0.305 e. The van der Waals surface area contributed by atoms with E-state index in [4.69, 9.17) is 19.3 Å². The maximum absolute atomic E-state index is 11.9.